The summed E-state index contributed by atoms with van der Waals surface area (Å²) in [6.07, 6.45) is 6.41. The molecule has 1 aliphatic heterocycles. The van der Waals surface area contributed by atoms with E-state index in [4.69, 9.17) is 9.47 Å². The van der Waals surface area contributed by atoms with E-state index in [2.05, 4.69) is 10.4 Å². The van der Waals surface area contributed by atoms with Crippen molar-refractivity contribution < 1.29 is 23.9 Å². The Labute approximate surface area is 205 Å². The summed E-state index contributed by atoms with van der Waals surface area (Å²) >= 11 is 0. The number of nitrogens with one attached hydrogen (secondary N) is 1. The van der Waals surface area contributed by atoms with Crippen molar-refractivity contribution in [2.45, 2.75) is 77.0 Å². The van der Waals surface area contributed by atoms with Crippen LogP contribution in [0.2, 0.25) is 0 Å². The van der Waals surface area contributed by atoms with Crippen LogP contribution < -0.4 is 10.1 Å². The van der Waals surface area contributed by atoms with Crippen LogP contribution in [0, 0.1) is 0 Å². The maximum absolute atomic E-state index is 13.7. The summed E-state index contributed by atoms with van der Waals surface area (Å²) in [6.45, 7) is 4.63. The number of amides is 2. The smallest absolute Gasteiger partial charge is 0.358 e. The summed E-state index contributed by atoms with van der Waals surface area (Å²) < 4.78 is 11.8. The SMILES string of the molecule is CCOc1ccc(CN2C(=O)c3cc(C(=O)OC)nn3CC2(C)C(=O)NC2CCCCCC2)cc1. The van der Waals surface area contributed by atoms with Crippen LogP contribution in [0.4, 0.5) is 0 Å². The van der Waals surface area contributed by atoms with Gasteiger partial charge in [0.2, 0.25) is 5.91 Å². The first-order chi connectivity index (χ1) is 16.9. The number of benzene rings is 1. The number of fused-ring (bicyclic) bond motifs is 1. The maximum Gasteiger partial charge on any atom is 0.358 e. The van der Waals surface area contributed by atoms with Gasteiger partial charge in [-0.2, -0.15) is 5.10 Å². The first-order valence-electron chi connectivity index (χ1n) is 12.4. The van der Waals surface area contributed by atoms with E-state index < -0.39 is 11.5 Å². The van der Waals surface area contributed by atoms with Crippen molar-refractivity contribution in [2.75, 3.05) is 13.7 Å². The third-order valence-electron chi connectivity index (χ3n) is 6.95. The molecule has 0 spiro atoms. The van der Waals surface area contributed by atoms with Crippen LogP contribution in [0.5, 0.6) is 5.75 Å². The Hall–Kier alpha value is -3.36. The first-order valence-corrected chi connectivity index (χ1v) is 12.4. The van der Waals surface area contributed by atoms with E-state index in [0.717, 1.165) is 37.0 Å². The number of carbonyl (C=O) groups is 3. The van der Waals surface area contributed by atoms with Crippen LogP contribution in [0.1, 0.15) is 78.9 Å². The number of aromatic nitrogens is 2. The minimum Gasteiger partial charge on any atom is -0.494 e. The molecule has 0 saturated heterocycles. The molecule has 1 aromatic carbocycles. The zero-order valence-corrected chi connectivity index (χ0v) is 20.7. The van der Waals surface area contributed by atoms with Crippen molar-refractivity contribution in [1.82, 2.24) is 20.0 Å². The van der Waals surface area contributed by atoms with E-state index in [1.165, 1.54) is 30.7 Å². The van der Waals surface area contributed by atoms with Gasteiger partial charge in [0.1, 0.15) is 17.0 Å². The van der Waals surface area contributed by atoms with Crippen LogP contribution in [0.25, 0.3) is 0 Å². The lowest BCUT2D eigenvalue weighted by Gasteiger charge is -2.44. The summed E-state index contributed by atoms with van der Waals surface area (Å²) in [5.74, 6) is -0.436. The fraction of sp³-hybridized carbons (Fsp3) is 0.538. The molecule has 1 aliphatic carbocycles. The van der Waals surface area contributed by atoms with Crippen LogP contribution in [-0.2, 0) is 22.6 Å². The van der Waals surface area contributed by atoms with Crippen molar-refractivity contribution in [2.24, 2.45) is 0 Å². The minimum atomic E-state index is -1.19. The Kier molecular flexibility index (Phi) is 7.42. The lowest BCUT2D eigenvalue weighted by molar-refractivity contribution is -0.134. The second-order valence-electron chi connectivity index (χ2n) is 9.47. The summed E-state index contributed by atoms with van der Waals surface area (Å²) in [7, 11) is 1.27. The number of methoxy groups -OCH3 is 1. The van der Waals surface area contributed by atoms with E-state index in [9.17, 15) is 14.4 Å². The maximum atomic E-state index is 13.7. The summed E-state index contributed by atoms with van der Waals surface area (Å²) in [4.78, 5) is 41.1. The Morgan fingerprint density at radius 2 is 1.83 bits per heavy atom. The molecule has 1 unspecified atom stereocenters. The monoisotopic (exact) mass is 482 g/mol. The molecule has 2 heterocycles. The summed E-state index contributed by atoms with van der Waals surface area (Å²) in [5.41, 5.74) is -0.00758. The lowest BCUT2D eigenvalue weighted by Crippen LogP contribution is -2.64. The van der Waals surface area contributed by atoms with Gasteiger partial charge in [0.05, 0.1) is 20.3 Å². The van der Waals surface area contributed by atoms with Crippen molar-refractivity contribution in [1.29, 1.82) is 0 Å². The van der Waals surface area contributed by atoms with Crippen molar-refractivity contribution in [3.8, 4) is 5.75 Å². The highest BCUT2D eigenvalue weighted by atomic mass is 16.5. The molecular weight excluding hydrogens is 448 g/mol. The number of rotatable bonds is 7. The third kappa shape index (κ3) is 5.18. The Morgan fingerprint density at radius 1 is 1.14 bits per heavy atom. The Bertz CT molecular complexity index is 1070. The van der Waals surface area contributed by atoms with Gasteiger partial charge in [-0.25, -0.2) is 4.79 Å². The quantitative estimate of drug-likeness (QED) is 0.480. The van der Waals surface area contributed by atoms with Gasteiger partial charge in [-0.3, -0.25) is 14.3 Å². The number of esters is 1. The molecule has 188 valence electrons. The number of carbonyl (C=O) groups excluding carboxylic acids is 3. The molecule has 2 amide bonds. The molecule has 0 bridgehead atoms. The van der Waals surface area contributed by atoms with E-state index in [1.54, 1.807) is 11.8 Å². The molecule has 2 aliphatic rings. The van der Waals surface area contributed by atoms with Gasteiger partial charge < -0.3 is 19.7 Å². The highest BCUT2D eigenvalue weighted by Gasteiger charge is 2.48. The molecule has 9 heteroatoms. The van der Waals surface area contributed by atoms with Crippen LogP contribution >= 0.6 is 0 Å². The fourth-order valence-electron chi connectivity index (χ4n) is 4.90. The highest BCUT2D eigenvalue weighted by molar-refractivity contribution is 6.01. The molecule has 1 N–H and O–H groups in total. The van der Waals surface area contributed by atoms with Crippen molar-refractivity contribution in [3.63, 3.8) is 0 Å². The van der Waals surface area contributed by atoms with E-state index in [-0.39, 0.29) is 42.3 Å². The van der Waals surface area contributed by atoms with E-state index in [0.29, 0.717) is 6.61 Å². The molecule has 2 aromatic rings. The lowest BCUT2D eigenvalue weighted by atomic mass is 9.93. The zero-order chi connectivity index (χ0) is 25.0. The number of ether oxygens (including phenoxy) is 2. The van der Waals surface area contributed by atoms with Gasteiger partial charge in [-0.1, -0.05) is 37.8 Å². The highest BCUT2D eigenvalue weighted by Crippen LogP contribution is 2.31. The largest absolute Gasteiger partial charge is 0.494 e. The molecule has 1 saturated carbocycles. The fourth-order valence-corrected chi connectivity index (χ4v) is 4.90. The molecule has 1 atom stereocenters. The van der Waals surface area contributed by atoms with Crippen LogP contribution in [-0.4, -0.2) is 57.8 Å². The summed E-state index contributed by atoms with van der Waals surface area (Å²) in [6, 6.07) is 9.03. The first kappa shape index (κ1) is 24.8. The molecule has 35 heavy (non-hydrogen) atoms. The molecular formula is C26H34N4O5. The minimum absolute atomic E-state index is 0.0466. The predicted octanol–water partition coefficient (Wildman–Crippen LogP) is 3.32. The number of nitrogens with zero attached hydrogens (tertiary/aromatic N) is 3. The Morgan fingerprint density at radius 3 is 2.46 bits per heavy atom. The normalized spacial score (nSPS) is 20.7. The molecule has 4 rings (SSSR count). The van der Waals surface area contributed by atoms with Crippen molar-refractivity contribution >= 4 is 17.8 Å². The van der Waals surface area contributed by atoms with E-state index >= 15 is 0 Å². The average Bonchev–Trinajstić information content (AvgIpc) is 3.11. The van der Waals surface area contributed by atoms with Gasteiger partial charge in [-0.05, 0) is 44.4 Å². The van der Waals surface area contributed by atoms with Gasteiger partial charge in [-0.15, -0.1) is 0 Å². The number of hydrogen-bond acceptors (Lipinski definition) is 6. The topological polar surface area (TPSA) is 103 Å². The second kappa shape index (κ2) is 10.5. The average molecular weight is 483 g/mol. The van der Waals surface area contributed by atoms with E-state index in [1.807, 2.05) is 31.2 Å². The van der Waals surface area contributed by atoms with Crippen LogP contribution in [0.15, 0.2) is 30.3 Å². The standard InChI is InChI=1S/C26H34N4O5/c1-4-35-20-13-11-18(12-14-20)16-29-23(31)22-15-21(24(32)34-3)28-30(22)17-26(29,2)25(33)27-19-9-7-5-6-8-10-19/h11-15,19H,4-10,16-17H2,1-3H3,(H,27,33). The Balaban J connectivity index is 1.65. The molecule has 1 aromatic heterocycles. The summed E-state index contributed by atoms with van der Waals surface area (Å²) in [5, 5.41) is 7.50. The number of hydrogen-bond donors (Lipinski definition) is 1. The molecule has 0 radical (unpaired) electrons. The van der Waals surface area contributed by atoms with Gasteiger partial charge in [0.25, 0.3) is 5.91 Å². The third-order valence-corrected chi connectivity index (χ3v) is 6.95. The molecule has 1 fully saturated rings. The van der Waals surface area contributed by atoms with Gasteiger partial charge in [0, 0.05) is 18.7 Å². The predicted molar refractivity (Wildman–Crippen MR) is 129 cm³/mol. The zero-order valence-electron chi connectivity index (χ0n) is 20.7. The van der Waals surface area contributed by atoms with Gasteiger partial charge >= 0.3 is 5.97 Å². The molecule has 9 nitrogen and oxygen atoms in total. The van der Waals surface area contributed by atoms with Crippen molar-refractivity contribution in [3.05, 3.63) is 47.3 Å². The van der Waals surface area contributed by atoms with Gasteiger partial charge in [0.15, 0.2) is 5.69 Å². The second-order valence-corrected chi connectivity index (χ2v) is 9.47. The van der Waals surface area contributed by atoms with Crippen LogP contribution in [0.3, 0.4) is 0 Å².